The van der Waals surface area contributed by atoms with Crippen LogP contribution in [0.25, 0.3) is 0 Å². The van der Waals surface area contributed by atoms with E-state index in [4.69, 9.17) is 9.47 Å². The van der Waals surface area contributed by atoms with Crippen LogP contribution in [-0.4, -0.2) is 12.2 Å². The molecule has 3 aromatic rings. The standard InChI is InChI=1S/C22H19IN2O2S/c1-26-20-13-17(22-25-24-21(28-22)16-5-3-2-4-6-16)9-12-19(20)27-14-15-7-10-18(23)11-8-15/h2-13,22,25H,14H2,1H3/t22-/m1/s1. The Morgan fingerprint density at radius 2 is 1.79 bits per heavy atom. The fraction of sp³-hybridized carbons (Fsp3) is 0.136. The highest BCUT2D eigenvalue weighted by atomic mass is 127. The van der Waals surface area contributed by atoms with E-state index in [2.05, 4.69) is 75.6 Å². The van der Waals surface area contributed by atoms with Crippen molar-refractivity contribution in [1.29, 1.82) is 0 Å². The Balaban J connectivity index is 1.44. The third-order valence-electron chi connectivity index (χ3n) is 4.33. The van der Waals surface area contributed by atoms with Crippen molar-refractivity contribution in [2.45, 2.75) is 12.0 Å². The molecule has 0 bridgehead atoms. The van der Waals surface area contributed by atoms with Crippen molar-refractivity contribution in [3.05, 3.63) is 93.1 Å². The van der Waals surface area contributed by atoms with E-state index in [9.17, 15) is 0 Å². The van der Waals surface area contributed by atoms with E-state index in [1.54, 1.807) is 18.9 Å². The largest absolute Gasteiger partial charge is 0.493 e. The van der Waals surface area contributed by atoms with Crippen LogP contribution in [0, 0.1) is 3.57 Å². The third-order valence-corrected chi connectivity index (χ3v) is 6.21. The number of hydrogen-bond donors (Lipinski definition) is 1. The monoisotopic (exact) mass is 502 g/mol. The average Bonchev–Trinajstić information content (AvgIpc) is 3.24. The quantitative estimate of drug-likeness (QED) is 0.448. The number of thioether (sulfide) groups is 1. The highest BCUT2D eigenvalue weighted by Crippen LogP contribution is 2.38. The minimum atomic E-state index is 0.0503. The van der Waals surface area contributed by atoms with Gasteiger partial charge in [0, 0.05) is 9.13 Å². The van der Waals surface area contributed by atoms with Crippen molar-refractivity contribution in [3.63, 3.8) is 0 Å². The highest BCUT2D eigenvalue weighted by Gasteiger charge is 2.23. The topological polar surface area (TPSA) is 42.8 Å². The summed E-state index contributed by atoms with van der Waals surface area (Å²) >= 11 is 3.99. The average molecular weight is 502 g/mol. The molecule has 142 valence electrons. The van der Waals surface area contributed by atoms with Crippen molar-refractivity contribution in [1.82, 2.24) is 5.43 Å². The lowest BCUT2D eigenvalue weighted by molar-refractivity contribution is 0.284. The number of rotatable bonds is 6. The Hall–Kier alpha value is -2.19. The molecule has 4 nitrogen and oxygen atoms in total. The molecule has 0 saturated heterocycles. The minimum absolute atomic E-state index is 0.0503. The van der Waals surface area contributed by atoms with Crippen LogP contribution in [0.5, 0.6) is 11.5 Å². The van der Waals surface area contributed by atoms with E-state index >= 15 is 0 Å². The van der Waals surface area contributed by atoms with Crippen LogP contribution in [0.4, 0.5) is 0 Å². The second-order valence-electron chi connectivity index (χ2n) is 6.24. The van der Waals surface area contributed by atoms with Gasteiger partial charge in [-0.2, -0.15) is 5.10 Å². The maximum Gasteiger partial charge on any atom is 0.161 e. The lowest BCUT2D eigenvalue weighted by Crippen LogP contribution is -2.07. The Bertz CT molecular complexity index is 978. The molecule has 0 spiro atoms. The van der Waals surface area contributed by atoms with Gasteiger partial charge in [0.05, 0.1) is 7.11 Å². The summed E-state index contributed by atoms with van der Waals surface area (Å²) in [6.07, 6.45) is 0. The van der Waals surface area contributed by atoms with E-state index in [1.165, 1.54) is 3.57 Å². The van der Waals surface area contributed by atoms with Gasteiger partial charge in [-0.15, -0.1) is 0 Å². The number of hydrazone groups is 1. The molecule has 0 saturated carbocycles. The van der Waals surface area contributed by atoms with Crippen LogP contribution >= 0.6 is 34.4 Å². The lowest BCUT2D eigenvalue weighted by atomic mass is 10.2. The number of nitrogens with one attached hydrogen (secondary N) is 1. The molecule has 28 heavy (non-hydrogen) atoms. The van der Waals surface area contributed by atoms with Crippen LogP contribution in [0.3, 0.4) is 0 Å². The number of ether oxygens (including phenoxy) is 2. The first-order valence-corrected chi connectivity index (χ1v) is 10.8. The van der Waals surface area contributed by atoms with E-state index in [0.29, 0.717) is 6.61 Å². The zero-order valence-corrected chi connectivity index (χ0v) is 18.2. The molecular formula is C22H19IN2O2S. The number of halogens is 1. The van der Waals surface area contributed by atoms with Crippen molar-refractivity contribution in [2.24, 2.45) is 5.10 Å². The molecule has 0 fully saturated rings. The first-order chi connectivity index (χ1) is 13.7. The predicted molar refractivity (Wildman–Crippen MR) is 123 cm³/mol. The molecule has 6 heteroatoms. The molecule has 0 unspecified atom stereocenters. The second-order valence-corrected chi connectivity index (χ2v) is 8.57. The molecule has 0 amide bonds. The van der Waals surface area contributed by atoms with Crippen molar-refractivity contribution >= 4 is 39.4 Å². The molecule has 0 aromatic heterocycles. The maximum absolute atomic E-state index is 5.98. The number of hydrogen-bond acceptors (Lipinski definition) is 5. The minimum Gasteiger partial charge on any atom is -0.493 e. The lowest BCUT2D eigenvalue weighted by Gasteiger charge is -2.15. The Morgan fingerprint density at radius 3 is 2.54 bits per heavy atom. The fourth-order valence-electron chi connectivity index (χ4n) is 2.85. The molecular weight excluding hydrogens is 483 g/mol. The summed E-state index contributed by atoms with van der Waals surface area (Å²) in [5.41, 5.74) is 6.55. The van der Waals surface area contributed by atoms with Gasteiger partial charge < -0.3 is 9.47 Å². The Morgan fingerprint density at radius 1 is 1.00 bits per heavy atom. The van der Waals surface area contributed by atoms with E-state index < -0.39 is 0 Å². The van der Waals surface area contributed by atoms with Crippen LogP contribution < -0.4 is 14.9 Å². The van der Waals surface area contributed by atoms with Gasteiger partial charge in [0.25, 0.3) is 0 Å². The second kappa shape index (κ2) is 8.87. The normalized spacial score (nSPS) is 15.6. The van der Waals surface area contributed by atoms with Crippen molar-refractivity contribution in [2.75, 3.05) is 7.11 Å². The van der Waals surface area contributed by atoms with Crippen LogP contribution in [0.2, 0.25) is 0 Å². The number of nitrogens with zero attached hydrogens (tertiary/aromatic N) is 1. The van der Waals surface area contributed by atoms with E-state index in [0.717, 1.165) is 33.2 Å². The third kappa shape index (κ3) is 4.44. The van der Waals surface area contributed by atoms with Crippen LogP contribution in [-0.2, 0) is 6.61 Å². The highest BCUT2D eigenvalue weighted by molar-refractivity contribution is 14.1. The van der Waals surface area contributed by atoms with Gasteiger partial charge in [-0.1, -0.05) is 60.3 Å². The van der Waals surface area contributed by atoms with Crippen LogP contribution in [0.1, 0.15) is 22.1 Å². The SMILES string of the molecule is COc1cc([C@@H]2NN=C(c3ccccc3)S2)ccc1OCc1ccc(I)cc1. The van der Waals surface area contributed by atoms with Gasteiger partial charge in [0.15, 0.2) is 11.5 Å². The summed E-state index contributed by atoms with van der Waals surface area (Å²) in [6, 6.07) is 24.5. The summed E-state index contributed by atoms with van der Waals surface area (Å²) in [4.78, 5) is 0. The Kier molecular flexibility index (Phi) is 6.07. The molecule has 1 heterocycles. The molecule has 0 radical (unpaired) electrons. The van der Waals surface area contributed by atoms with Gasteiger partial charge >= 0.3 is 0 Å². The van der Waals surface area contributed by atoms with Gasteiger partial charge in [-0.25, -0.2) is 0 Å². The molecule has 1 aliphatic heterocycles. The maximum atomic E-state index is 5.98. The molecule has 3 aromatic carbocycles. The zero-order chi connectivity index (χ0) is 19.3. The summed E-state index contributed by atoms with van der Waals surface area (Å²) in [6.45, 7) is 0.504. The molecule has 4 rings (SSSR count). The first kappa shape index (κ1) is 19.1. The van der Waals surface area contributed by atoms with Gasteiger partial charge in [-0.3, -0.25) is 5.43 Å². The van der Waals surface area contributed by atoms with Gasteiger partial charge in [0.2, 0.25) is 0 Å². The summed E-state index contributed by atoms with van der Waals surface area (Å²) in [5, 5.41) is 5.52. The van der Waals surface area contributed by atoms with E-state index in [-0.39, 0.29) is 5.37 Å². The van der Waals surface area contributed by atoms with Crippen LogP contribution in [0.15, 0.2) is 77.9 Å². The summed E-state index contributed by atoms with van der Waals surface area (Å²) in [7, 11) is 1.66. The predicted octanol–water partition coefficient (Wildman–Crippen LogP) is 5.58. The summed E-state index contributed by atoms with van der Waals surface area (Å²) < 4.78 is 12.8. The van der Waals surface area contributed by atoms with E-state index in [1.807, 2.05) is 30.3 Å². The molecule has 0 aliphatic carbocycles. The molecule has 1 N–H and O–H groups in total. The Labute approximate surface area is 182 Å². The summed E-state index contributed by atoms with van der Waals surface area (Å²) in [5.74, 6) is 1.45. The number of benzene rings is 3. The first-order valence-electron chi connectivity index (χ1n) is 8.83. The van der Waals surface area contributed by atoms with Crippen molar-refractivity contribution < 1.29 is 9.47 Å². The molecule has 1 atom stereocenters. The van der Waals surface area contributed by atoms with Gasteiger partial charge in [0.1, 0.15) is 17.0 Å². The smallest absolute Gasteiger partial charge is 0.161 e. The van der Waals surface area contributed by atoms with Crippen molar-refractivity contribution in [3.8, 4) is 11.5 Å². The zero-order valence-electron chi connectivity index (χ0n) is 15.3. The fourth-order valence-corrected chi connectivity index (χ4v) is 4.19. The molecule has 1 aliphatic rings. The number of methoxy groups -OCH3 is 1. The van der Waals surface area contributed by atoms with Gasteiger partial charge in [-0.05, 0) is 58.0 Å².